The van der Waals surface area contributed by atoms with Crippen molar-refractivity contribution >= 4 is 5.91 Å². The van der Waals surface area contributed by atoms with Gasteiger partial charge in [0.1, 0.15) is 11.6 Å². The van der Waals surface area contributed by atoms with Gasteiger partial charge in [-0.1, -0.05) is 6.07 Å². The number of hydrogen-bond donors (Lipinski definition) is 0. The van der Waals surface area contributed by atoms with E-state index in [9.17, 15) is 9.18 Å². The van der Waals surface area contributed by atoms with Gasteiger partial charge >= 0.3 is 0 Å². The summed E-state index contributed by atoms with van der Waals surface area (Å²) in [6.07, 6.45) is 1.94. The van der Waals surface area contributed by atoms with Crippen LogP contribution in [-0.4, -0.2) is 39.8 Å². The number of halogens is 1. The number of benzene rings is 1. The fourth-order valence-electron chi connectivity index (χ4n) is 3.20. The first-order valence-corrected chi connectivity index (χ1v) is 8.22. The zero-order valence-corrected chi connectivity index (χ0v) is 14.0. The van der Waals surface area contributed by atoms with Crippen molar-refractivity contribution < 1.29 is 13.9 Å². The molecule has 1 aliphatic heterocycles. The summed E-state index contributed by atoms with van der Waals surface area (Å²) < 4.78 is 20.5. The number of amides is 1. The summed E-state index contributed by atoms with van der Waals surface area (Å²) in [7, 11) is 0. The van der Waals surface area contributed by atoms with Gasteiger partial charge in [0.2, 0.25) is 0 Å². The Morgan fingerprint density at radius 2 is 2.21 bits per heavy atom. The van der Waals surface area contributed by atoms with E-state index in [1.807, 2.05) is 29.5 Å². The average molecular weight is 331 g/mol. The first kappa shape index (κ1) is 16.5. The number of aryl methyl sites for hydroxylation is 2. The number of aromatic nitrogens is 2. The second kappa shape index (κ2) is 7.03. The van der Waals surface area contributed by atoms with Crippen LogP contribution in [0.25, 0.3) is 0 Å². The molecule has 1 fully saturated rings. The van der Waals surface area contributed by atoms with E-state index in [1.54, 1.807) is 12.1 Å². The standard InChI is InChI=1S/C18H22FN3O2/c1-13-9-14(2)22(20-13)11-16-6-4-8-21(16)18(23)12-24-17-7-3-5-15(19)10-17/h3,5,7,9-10,16H,4,6,8,11-12H2,1-2H3/t16-/m0/s1. The molecule has 128 valence electrons. The molecule has 1 atom stereocenters. The van der Waals surface area contributed by atoms with Gasteiger partial charge in [-0.3, -0.25) is 9.48 Å². The van der Waals surface area contributed by atoms with Crippen molar-refractivity contribution in [2.24, 2.45) is 0 Å². The quantitative estimate of drug-likeness (QED) is 0.846. The Balaban J connectivity index is 1.60. The zero-order chi connectivity index (χ0) is 17.1. The van der Waals surface area contributed by atoms with Gasteiger partial charge in [-0.25, -0.2) is 4.39 Å². The highest BCUT2D eigenvalue weighted by Crippen LogP contribution is 2.20. The van der Waals surface area contributed by atoms with Crippen molar-refractivity contribution in [1.29, 1.82) is 0 Å². The van der Waals surface area contributed by atoms with Crippen molar-refractivity contribution in [1.82, 2.24) is 14.7 Å². The van der Waals surface area contributed by atoms with Gasteiger partial charge in [-0.2, -0.15) is 5.10 Å². The normalized spacial score (nSPS) is 17.3. The lowest BCUT2D eigenvalue weighted by molar-refractivity contribution is -0.134. The summed E-state index contributed by atoms with van der Waals surface area (Å²) in [6.45, 7) is 5.35. The van der Waals surface area contributed by atoms with Gasteiger partial charge in [-0.05, 0) is 44.9 Å². The fraction of sp³-hybridized carbons (Fsp3) is 0.444. The number of nitrogens with zero attached hydrogens (tertiary/aromatic N) is 3. The van der Waals surface area contributed by atoms with Crippen LogP contribution >= 0.6 is 0 Å². The van der Waals surface area contributed by atoms with E-state index in [4.69, 9.17) is 4.74 Å². The first-order valence-electron chi connectivity index (χ1n) is 8.22. The Labute approximate surface area is 141 Å². The third kappa shape index (κ3) is 3.75. The minimum Gasteiger partial charge on any atom is -0.484 e. The monoisotopic (exact) mass is 331 g/mol. The molecule has 1 aromatic heterocycles. The topological polar surface area (TPSA) is 47.4 Å². The summed E-state index contributed by atoms with van der Waals surface area (Å²) in [5.74, 6) is -0.0653. The maximum absolute atomic E-state index is 13.2. The highest BCUT2D eigenvalue weighted by atomic mass is 19.1. The van der Waals surface area contributed by atoms with Crippen LogP contribution in [0.15, 0.2) is 30.3 Å². The van der Waals surface area contributed by atoms with Crippen molar-refractivity contribution in [2.45, 2.75) is 39.3 Å². The van der Waals surface area contributed by atoms with Crippen LogP contribution < -0.4 is 4.74 Å². The molecule has 6 heteroatoms. The number of ether oxygens (including phenoxy) is 1. The molecule has 0 unspecified atom stereocenters. The number of hydrogen-bond acceptors (Lipinski definition) is 3. The van der Waals surface area contributed by atoms with Crippen LogP contribution in [0.2, 0.25) is 0 Å². The van der Waals surface area contributed by atoms with Crippen LogP contribution in [0, 0.1) is 19.7 Å². The summed E-state index contributed by atoms with van der Waals surface area (Å²) >= 11 is 0. The minimum absolute atomic E-state index is 0.0664. The number of carbonyl (C=O) groups excluding carboxylic acids is 1. The molecular formula is C18H22FN3O2. The highest BCUT2D eigenvalue weighted by molar-refractivity contribution is 5.78. The minimum atomic E-state index is -0.372. The third-order valence-electron chi connectivity index (χ3n) is 4.34. The summed E-state index contributed by atoms with van der Waals surface area (Å²) in [5, 5.41) is 4.48. The lowest BCUT2D eigenvalue weighted by Crippen LogP contribution is -2.41. The predicted molar refractivity (Wildman–Crippen MR) is 88.3 cm³/mol. The molecule has 1 saturated heterocycles. The van der Waals surface area contributed by atoms with E-state index < -0.39 is 0 Å². The van der Waals surface area contributed by atoms with Gasteiger partial charge < -0.3 is 9.64 Å². The molecule has 2 aromatic rings. The molecule has 0 saturated carbocycles. The predicted octanol–water partition coefficient (Wildman–Crippen LogP) is 2.71. The SMILES string of the molecule is Cc1cc(C)n(C[C@@H]2CCCN2C(=O)COc2cccc(F)c2)n1. The Morgan fingerprint density at radius 1 is 1.38 bits per heavy atom. The summed E-state index contributed by atoms with van der Waals surface area (Å²) in [5.41, 5.74) is 2.08. The molecule has 3 rings (SSSR count). The number of likely N-dealkylation sites (tertiary alicyclic amines) is 1. The number of rotatable bonds is 5. The molecule has 0 bridgehead atoms. The molecule has 0 aliphatic carbocycles. The van der Waals surface area contributed by atoms with Gasteiger partial charge in [0.05, 0.1) is 18.3 Å². The maximum Gasteiger partial charge on any atom is 0.260 e. The van der Waals surface area contributed by atoms with Crippen LogP contribution in [-0.2, 0) is 11.3 Å². The molecule has 0 N–H and O–H groups in total. The van der Waals surface area contributed by atoms with Gasteiger partial charge in [0, 0.05) is 18.3 Å². The van der Waals surface area contributed by atoms with E-state index in [0.717, 1.165) is 30.8 Å². The van der Waals surface area contributed by atoms with Crippen molar-refractivity contribution in [3.8, 4) is 5.75 Å². The Hall–Kier alpha value is -2.37. The van der Waals surface area contributed by atoms with E-state index in [-0.39, 0.29) is 24.4 Å². The Kier molecular flexibility index (Phi) is 4.83. The van der Waals surface area contributed by atoms with Crippen molar-refractivity contribution in [2.75, 3.05) is 13.2 Å². The molecule has 1 aliphatic rings. The molecule has 1 aromatic carbocycles. The van der Waals surface area contributed by atoms with Gasteiger partial charge in [-0.15, -0.1) is 0 Å². The lowest BCUT2D eigenvalue weighted by Gasteiger charge is -2.25. The second-order valence-corrected chi connectivity index (χ2v) is 6.24. The van der Waals surface area contributed by atoms with E-state index in [2.05, 4.69) is 5.10 Å². The third-order valence-corrected chi connectivity index (χ3v) is 4.34. The van der Waals surface area contributed by atoms with Gasteiger partial charge in [0.25, 0.3) is 5.91 Å². The number of carbonyl (C=O) groups is 1. The van der Waals surface area contributed by atoms with E-state index >= 15 is 0 Å². The Morgan fingerprint density at radius 3 is 2.92 bits per heavy atom. The maximum atomic E-state index is 13.2. The molecule has 24 heavy (non-hydrogen) atoms. The first-order chi connectivity index (χ1) is 11.5. The molecular weight excluding hydrogens is 309 g/mol. The molecule has 0 radical (unpaired) electrons. The van der Waals surface area contributed by atoms with E-state index in [0.29, 0.717) is 12.3 Å². The second-order valence-electron chi connectivity index (χ2n) is 6.24. The molecule has 2 heterocycles. The van der Waals surface area contributed by atoms with Crippen LogP contribution in [0.1, 0.15) is 24.2 Å². The highest BCUT2D eigenvalue weighted by Gasteiger charge is 2.29. The fourth-order valence-corrected chi connectivity index (χ4v) is 3.20. The Bertz CT molecular complexity index is 729. The molecule has 1 amide bonds. The van der Waals surface area contributed by atoms with Crippen LogP contribution in [0.5, 0.6) is 5.75 Å². The summed E-state index contributed by atoms with van der Waals surface area (Å²) in [6, 6.07) is 8.01. The van der Waals surface area contributed by atoms with Crippen molar-refractivity contribution in [3.05, 3.63) is 47.5 Å². The van der Waals surface area contributed by atoms with Crippen LogP contribution in [0.4, 0.5) is 4.39 Å². The average Bonchev–Trinajstić information content (AvgIpc) is 3.12. The summed E-state index contributed by atoms with van der Waals surface area (Å²) in [4.78, 5) is 14.3. The molecule has 5 nitrogen and oxygen atoms in total. The van der Waals surface area contributed by atoms with Crippen molar-refractivity contribution in [3.63, 3.8) is 0 Å². The lowest BCUT2D eigenvalue weighted by atomic mass is 10.2. The van der Waals surface area contributed by atoms with Gasteiger partial charge in [0.15, 0.2) is 6.61 Å². The zero-order valence-electron chi connectivity index (χ0n) is 14.0. The van der Waals surface area contributed by atoms with Crippen LogP contribution in [0.3, 0.4) is 0 Å². The molecule has 0 spiro atoms. The largest absolute Gasteiger partial charge is 0.484 e. The smallest absolute Gasteiger partial charge is 0.260 e. The van der Waals surface area contributed by atoms with E-state index in [1.165, 1.54) is 12.1 Å².